The number of para-hydroxylation sites is 1. The van der Waals surface area contributed by atoms with Gasteiger partial charge in [-0.25, -0.2) is 0 Å². The van der Waals surface area contributed by atoms with E-state index in [2.05, 4.69) is 110 Å². The molecule has 188 valence electrons. The van der Waals surface area contributed by atoms with Gasteiger partial charge in [0, 0.05) is 29.6 Å². The zero-order valence-corrected chi connectivity index (χ0v) is 24.8. The molecule has 5 rings (SSSR count). The van der Waals surface area contributed by atoms with Crippen LogP contribution < -0.4 is 38.2 Å². The molecule has 0 spiro atoms. The Morgan fingerprint density at radius 1 is 1.03 bits per heavy atom. The Bertz CT molecular complexity index is 1370. The van der Waals surface area contributed by atoms with Gasteiger partial charge in [-0.3, -0.25) is 0 Å². The fourth-order valence-electron chi connectivity index (χ4n) is 5.45. The summed E-state index contributed by atoms with van der Waals surface area (Å²) in [5.41, 5.74) is 6.85. The molecule has 3 aromatic rings. The van der Waals surface area contributed by atoms with Gasteiger partial charge in [-0.05, 0) is 79.7 Å². The van der Waals surface area contributed by atoms with Crippen LogP contribution in [0.3, 0.4) is 0 Å². The first-order valence-corrected chi connectivity index (χ1v) is 13.4. The number of benzene rings is 2. The van der Waals surface area contributed by atoms with Crippen LogP contribution in [-0.4, -0.2) is 13.7 Å². The van der Waals surface area contributed by atoms with E-state index in [1.54, 1.807) is 7.11 Å². The molecule has 0 amide bonds. The van der Waals surface area contributed by atoms with Gasteiger partial charge >= 0.3 is 0 Å². The quantitative estimate of drug-likeness (QED) is 0.306. The van der Waals surface area contributed by atoms with Gasteiger partial charge in [0.25, 0.3) is 0 Å². The van der Waals surface area contributed by atoms with E-state index in [-0.39, 0.29) is 29.4 Å². The number of allylic oxidation sites excluding steroid dienone is 4. The highest BCUT2D eigenvalue weighted by Gasteiger charge is 2.28. The van der Waals surface area contributed by atoms with Crippen molar-refractivity contribution < 1.29 is 33.3 Å². The summed E-state index contributed by atoms with van der Waals surface area (Å²) in [4.78, 5) is 3.79. The third-order valence-corrected chi connectivity index (χ3v) is 8.03. The number of methoxy groups -OCH3 is 1. The average Bonchev–Trinajstić information content (AvgIpc) is 3.19. The lowest BCUT2D eigenvalue weighted by atomic mass is 9.75. The second-order valence-electron chi connectivity index (χ2n) is 10.2. The maximum Gasteiger partial charge on any atom is 0.213 e. The lowest BCUT2D eigenvalue weighted by Gasteiger charge is -2.31. The molecule has 0 unspecified atom stereocenters. The molecule has 3 nitrogen and oxygen atoms in total. The maximum absolute atomic E-state index is 5.43. The molecule has 0 N–H and O–H groups in total. The normalized spacial score (nSPS) is 18.8. The minimum atomic E-state index is 0. The predicted octanol–water partition coefficient (Wildman–Crippen LogP) is 4.76. The number of hydrogen-bond acceptors (Lipinski definition) is 3. The summed E-state index contributed by atoms with van der Waals surface area (Å²) in [6.45, 7) is 11.1. The molecule has 0 bridgehead atoms. The molecule has 2 aromatic carbocycles. The topological polar surface area (TPSA) is 16.4 Å². The molecule has 0 saturated carbocycles. The van der Waals surface area contributed by atoms with Crippen LogP contribution in [0.5, 0.6) is 5.75 Å². The summed E-state index contributed by atoms with van der Waals surface area (Å²) >= 11 is 1.89. The van der Waals surface area contributed by atoms with E-state index >= 15 is 0 Å². The number of thioether (sulfide) groups is 1. The second kappa shape index (κ2) is 11.0. The van der Waals surface area contributed by atoms with Crippen LogP contribution in [0.1, 0.15) is 46.2 Å². The molecule has 0 saturated heterocycles. The largest absolute Gasteiger partial charge is 1.00 e. The second-order valence-corrected chi connectivity index (χ2v) is 11.2. The lowest BCUT2D eigenvalue weighted by molar-refractivity contribution is -0.669. The fourth-order valence-corrected chi connectivity index (χ4v) is 6.65. The number of hydrogen-bond donors (Lipinski definition) is 0. The van der Waals surface area contributed by atoms with Crippen LogP contribution in [0, 0.1) is 5.41 Å². The van der Waals surface area contributed by atoms with Crippen molar-refractivity contribution in [1.82, 2.24) is 0 Å². The Labute approximate surface area is 236 Å². The predicted molar refractivity (Wildman–Crippen MR) is 149 cm³/mol. The number of halogens is 1. The Hall–Kier alpha value is -2.25. The molecule has 1 aliphatic heterocycles. The number of aromatic nitrogens is 1. The van der Waals surface area contributed by atoms with E-state index < -0.39 is 0 Å². The third kappa shape index (κ3) is 5.37. The molecular weight excluding hydrogens is 575 g/mol. The number of ether oxygens (including phenoxy) is 1. The van der Waals surface area contributed by atoms with Gasteiger partial charge in [0.15, 0.2) is 0 Å². The van der Waals surface area contributed by atoms with Crippen molar-refractivity contribution >= 4 is 34.4 Å². The number of rotatable bonds is 5. The van der Waals surface area contributed by atoms with E-state index in [4.69, 9.17) is 4.74 Å². The zero-order chi connectivity index (χ0) is 24.6. The van der Waals surface area contributed by atoms with Crippen molar-refractivity contribution in [1.29, 1.82) is 0 Å². The van der Waals surface area contributed by atoms with Crippen LogP contribution in [0.25, 0.3) is 17.0 Å². The molecule has 1 aliphatic carbocycles. The fraction of sp³-hybridized carbons (Fsp3) is 0.323. The number of fused-ring (bicyclic) bond motifs is 2. The number of anilines is 1. The average molecular weight is 611 g/mol. The van der Waals surface area contributed by atoms with Crippen molar-refractivity contribution in [2.24, 2.45) is 5.41 Å². The summed E-state index contributed by atoms with van der Waals surface area (Å²) in [5, 5.41) is 2.54. The standard InChI is InChI=1S/C31H35N2OS.HI/c1-6-32-25(13-12-24-19-26(34-5)14-15-27(24)32)17-22-16-23(21-31(3,4)20-22)18-30-33(7-2)28-10-8-9-11-29(28)35-30;/h8-19H,6-7,20-21H2,1-5H3;1H/q+1;/p-1. The zero-order valence-electron chi connectivity index (χ0n) is 21.8. The summed E-state index contributed by atoms with van der Waals surface area (Å²) in [6.07, 6.45) is 9.40. The smallest absolute Gasteiger partial charge is 0.213 e. The van der Waals surface area contributed by atoms with E-state index in [9.17, 15) is 0 Å². The Balaban J connectivity index is 0.00000304. The van der Waals surface area contributed by atoms with Crippen molar-refractivity contribution in [3.05, 3.63) is 88.6 Å². The maximum atomic E-state index is 5.43. The Morgan fingerprint density at radius 2 is 1.83 bits per heavy atom. The van der Waals surface area contributed by atoms with E-state index in [1.165, 1.54) is 43.4 Å². The molecule has 0 radical (unpaired) electrons. The van der Waals surface area contributed by atoms with Gasteiger partial charge in [-0.1, -0.05) is 43.8 Å². The van der Waals surface area contributed by atoms with Crippen LogP contribution in [0.2, 0.25) is 0 Å². The van der Waals surface area contributed by atoms with Crippen LogP contribution in [-0.2, 0) is 6.54 Å². The molecule has 2 aliphatic rings. The van der Waals surface area contributed by atoms with Gasteiger partial charge in [0.05, 0.1) is 23.2 Å². The summed E-state index contributed by atoms with van der Waals surface area (Å²) in [6, 6.07) is 19.5. The molecule has 0 fully saturated rings. The first-order valence-electron chi connectivity index (χ1n) is 12.6. The summed E-state index contributed by atoms with van der Waals surface area (Å²) in [5.74, 6) is 0.897. The highest BCUT2D eigenvalue weighted by Crippen LogP contribution is 2.47. The first kappa shape index (κ1) is 26.8. The number of nitrogens with zero attached hydrogens (tertiary/aromatic N) is 2. The minimum Gasteiger partial charge on any atom is -1.00 e. The van der Waals surface area contributed by atoms with Gasteiger partial charge < -0.3 is 33.6 Å². The lowest BCUT2D eigenvalue weighted by Crippen LogP contribution is -3.00. The monoisotopic (exact) mass is 610 g/mol. The van der Waals surface area contributed by atoms with Crippen molar-refractivity contribution in [3.8, 4) is 5.75 Å². The summed E-state index contributed by atoms with van der Waals surface area (Å²) < 4.78 is 7.83. The third-order valence-electron chi connectivity index (χ3n) is 6.92. The molecule has 1 aromatic heterocycles. The van der Waals surface area contributed by atoms with E-state index in [1.807, 2.05) is 11.8 Å². The highest BCUT2D eigenvalue weighted by molar-refractivity contribution is 8.03. The first-order chi connectivity index (χ1) is 16.9. The molecule has 36 heavy (non-hydrogen) atoms. The van der Waals surface area contributed by atoms with Crippen molar-refractivity contribution in [2.75, 3.05) is 18.6 Å². The van der Waals surface area contributed by atoms with Crippen LogP contribution in [0.15, 0.2) is 87.8 Å². The molecule has 2 heterocycles. The summed E-state index contributed by atoms with van der Waals surface area (Å²) in [7, 11) is 1.72. The van der Waals surface area contributed by atoms with Gasteiger partial charge in [-0.15, -0.1) is 0 Å². The van der Waals surface area contributed by atoms with Gasteiger partial charge in [0.2, 0.25) is 11.2 Å². The van der Waals surface area contributed by atoms with Crippen molar-refractivity contribution in [3.63, 3.8) is 0 Å². The molecule has 5 heteroatoms. The molecular formula is C31H35IN2OS. The number of aryl methyl sites for hydroxylation is 1. The molecule has 0 atom stereocenters. The van der Waals surface area contributed by atoms with E-state index in [0.29, 0.717) is 0 Å². The number of pyridine rings is 1. The Kier molecular flexibility index (Phi) is 8.20. The van der Waals surface area contributed by atoms with Crippen molar-refractivity contribution in [2.45, 2.75) is 52.0 Å². The SMILES string of the molecule is CCN1/C(=C\C2=CC(=C/c3ccc4cc(OC)ccc4[n+]3CC)/CC(C)(C)C2)Sc2ccccc21.[I-]. The van der Waals surface area contributed by atoms with E-state index in [0.717, 1.165) is 31.7 Å². The van der Waals surface area contributed by atoms with Gasteiger partial charge in [0.1, 0.15) is 12.3 Å². The Morgan fingerprint density at radius 3 is 2.58 bits per heavy atom. The van der Waals surface area contributed by atoms with Gasteiger partial charge in [-0.2, -0.15) is 4.57 Å². The van der Waals surface area contributed by atoms with Crippen LogP contribution in [0.4, 0.5) is 5.69 Å². The highest BCUT2D eigenvalue weighted by atomic mass is 127. The minimum absolute atomic E-state index is 0. The van der Waals surface area contributed by atoms with Crippen LogP contribution >= 0.6 is 11.8 Å².